The van der Waals surface area contributed by atoms with Crippen LogP contribution in [0.1, 0.15) is 43.6 Å². The zero-order valence-electron chi connectivity index (χ0n) is 18.3. The number of nitrogens with zero attached hydrogens (tertiary/aromatic N) is 4. The first-order valence-corrected chi connectivity index (χ1v) is 11.9. The second kappa shape index (κ2) is 9.41. The SMILES string of the molecule is CCC(c1nc2sccc2c(=O)n1Cc1ccccc1)N1CCCC(CN(C)C)C1. The summed E-state index contributed by atoms with van der Waals surface area (Å²) in [6, 6.07) is 12.3. The van der Waals surface area contributed by atoms with Crippen LogP contribution < -0.4 is 5.56 Å². The van der Waals surface area contributed by atoms with E-state index in [-0.39, 0.29) is 11.6 Å². The van der Waals surface area contributed by atoms with Crippen LogP contribution in [-0.2, 0) is 6.54 Å². The highest BCUT2D eigenvalue weighted by molar-refractivity contribution is 7.16. The Morgan fingerprint density at radius 2 is 2.03 bits per heavy atom. The predicted octanol–water partition coefficient (Wildman–Crippen LogP) is 4.23. The van der Waals surface area contributed by atoms with E-state index in [1.807, 2.05) is 34.2 Å². The Kier molecular flexibility index (Phi) is 6.66. The first-order valence-electron chi connectivity index (χ1n) is 11.0. The standard InChI is InChI=1S/C24H32N4OS/c1-4-21(27-13-8-11-19(16-27)15-26(2)3)22-25-23-20(12-14-30-23)24(29)28(22)17-18-9-6-5-7-10-18/h5-7,9-10,12,14,19,21H,4,8,11,13,15-17H2,1-3H3. The Hall–Kier alpha value is -2.02. The van der Waals surface area contributed by atoms with E-state index in [0.717, 1.165) is 47.7 Å². The molecule has 0 amide bonds. The summed E-state index contributed by atoms with van der Waals surface area (Å²) in [5, 5.41) is 2.71. The number of hydrogen-bond donors (Lipinski definition) is 0. The van der Waals surface area contributed by atoms with E-state index in [9.17, 15) is 4.79 Å². The second-order valence-corrected chi connectivity index (χ2v) is 9.57. The zero-order valence-corrected chi connectivity index (χ0v) is 19.1. The first kappa shape index (κ1) is 21.2. The largest absolute Gasteiger partial charge is 0.309 e. The van der Waals surface area contributed by atoms with Crippen LogP contribution in [0, 0.1) is 5.92 Å². The molecular weight excluding hydrogens is 392 g/mol. The van der Waals surface area contributed by atoms with E-state index < -0.39 is 0 Å². The van der Waals surface area contributed by atoms with Crippen molar-refractivity contribution in [3.8, 4) is 0 Å². The quantitative estimate of drug-likeness (QED) is 0.569. The second-order valence-electron chi connectivity index (χ2n) is 8.68. The molecule has 0 radical (unpaired) electrons. The summed E-state index contributed by atoms with van der Waals surface area (Å²) in [6.45, 7) is 6.05. The van der Waals surface area contributed by atoms with Gasteiger partial charge in [0.2, 0.25) is 0 Å². The third-order valence-corrected chi connectivity index (χ3v) is 6.90. The highest BCUT2D eigenvalue weighted by atomic mass is 32.1. The van der Waals surface area contributed by atoms with Gasteiger partial charge in [0.1, 0.15) is 10.7 Å². The third-order valence-electron chi connectivity index (χ3n) is 6.10. The Morgan fingerprint density at radius 3 is 2.77 bits per heavy atom. The maximum Gasteiger partial charge on any atom is 0.262 e. The lowest BCUT2D eigenvalue weighted by Gasteiger charge is -2.39. The van der Waals surface area contributed by atoms with Gasteiger partial charge in [0.15, 0.2) is 0 Å². The van der Waals surface area contributed by atoms with E-state index in [1.54, 1.807) is 11.3 Å². The third kappa shape index (κ3) is 4.51. The van der Waals surface area contributed by atoms with Crippen LogP contribution in [0.2, 0.25) is 0 Å². The van der Waals surface area contributed by atoms with Crippen molar-refractivity contribution in [2.24, 2.45) is 5.92 Å². The van der Waals surface area contributed by atoms with Crippen LogP contribution in [0.25, 0.3) is 10.2 Å². The minimum atomic E-state index is 0.0837. The monoisotopic (exact) mass is 424 g/mol. The summed E-state index contributed by atoms with van der Waals surface area (Å²) in [5.41, 5.74) is 1.22. The molecule has 2 aromatic heterocycles. The summed E-state index contributed by atoms with van der Waals surface area (Å²) in [5.74, 6) is 1.59. The molecule has 1 aliphatic rings. The van der Waals surface area contributed by atoms with Crippen molar-refractivity contribution in [2.75, 3.05) is 33.7 Å². The fourth-order valence-electron chi connectivity index (χ4n) is 4.79. The summed E-state index contributed by atoms with van der Waals surface area (Å²) in [6.07, 6.45) is 3.44. The molecule has 6 heteroatoms. The minimum Gasteiger partial charge on any atom is -0.309 e. The molecule has 0 bridgehead atoms. The van der Waals surface area contributed by atoms with E-state index in [1.165, 1.54) is 12.8 Å². The van der Waals surface area contributed by atoms with Gasteiger partial charge >= 0.3 is 0 Å². The molecule has 3 heterocycles. The van der Waals surface area contributed by atoms with Crippen LogP contribution in [0.4, 0.5) is 0 Å². The van der Waals surface area contributed by atoms with Gasteiger partial charge in [-0.05, 0) is 62.8 Å². The molecule has 2 atom stereocenters. The lowest BCUT2D eigenvalue weighted by atomic mass is 9.95. The van der Waals surface area contributed by atoms with Gasteiger partial charge in [0, 0.05) is 13.1 Å². The van der Waals surface area contributed by atoms with Gasteiger partial charge in [-0.2, -0.15) is 0 Å². The maximum absolute atomic E-state index is 13.4. The Bertz CT molecular complexity index is 1030. The average Bonchev–Trinajstić information content (AvgIpc) is 3.21. The number of thiophene rings is 1. The molecule has 160 valence electrons. The van der Waals surface area contributed by atoms with Gasteiger partial charge in [-0.1, -0.05) is 37.3 Å². The first-order chi connectivity index (χ1) is 14.6. The Morgan fingerprint density at radius 1 is 1.23 bits per heavy atom. The molecule has 2 unspecified atom stereocenters. The van der Waals surface area contributed by atoms with Crippen molar-refractivity contribution in [2.45, 2.75) is 38.8 Å². The number of aromatic nitrogens is 2. The molecule has 1 aromatic carbocycles. The molecule has 5 nitrogen and oxygen atoms in total. The number of likely N-dealkylation sites (tertiary alicyclic amines) is 1. The zero-order chi connectivity index (χ0) is 21.1. The molecule has 0 spiro atoms. The van der Waals surface area contributed by atoms with Crippen molar-refractivity contribution in [3.05, 3.63) is 63.5 Å². The van der Waals surface area contributed by atoms with Crippen molar-refractivity contribution in [1.29, 1.82) is 0 Å². The Balaban J connectivity index is 1.73. The summed E-state index contributed by atoms with van der Waals surface area (Å²) >= 11 is 1.56. The molecule has 3 aromatic rings. The van der Waals surface area contributed by atoms with E-state index in [4.69, 9.17) is 4.98 Å². The lowest BCUT2D eigenvalue weighted by Crippen LogP contribution is -2.43. The fraction of sp³-hybridized carbons (Fsp3) is 0.500. The molecule has 30 heavy (non-hydrogen) atoms. The van der Waals surface area contributed by atoms with Gasteiger partial charge in [-0.3, -0.25) is 14.3 Å². The molecule has 0 N–H and O–H groups in total. The molecule has 0 saturated carbocycles. The average molecular weight is 425 g/mol. The molecule has 1 saturated heterocycles. The number of hydrogen-bond acceptors (Lipinski definition) is 5. The molecular formula is C24H32N4OS. The fourth-order valence-corrected chi connectivity index (χ4v) is 5.55. The summed E-state index contributed by atoms with van der Waals surface area (Å²) < 4.78 is 1.92. The van der Waals surface area contributed by atoms with E-state index in [2.05, 4.69) is 43.0 Å². The number of fused-ring (bicyclic) bond motifs is 1. The highest BCUT2D eigenvalue weighted by Crippen LogP contribution is 2.30. The van der Waals surface area contributed by atoms with E-state index in [0.29, 0.717) is 12.5 Å². The predicted molar refractivity (Wildman–Crippen MR) is 125 cm³/mol. The molecule has 1 aliphatic heterocycles. The van der Waals surface area contributed by atoms with Crippen LogP contribution in [-0.4, -0.2) is 53.1 Å². The highest BCUT2D eigenvalue weighted by Gasteiger charge is 2.29. The van der Waals surface area contributed by atoms with Crippen molar-refractivity contribution >= 4 is 21.6 Å². The van der Waals surface area contributed by atoms with Gasteiger partial charge in [-0.25, -0.2) is 4.98 Å². The molecule has 0 aliphatic carbocycles. The lowest BCUT2D eigenvalue weighted by molar-refractivity contribution is 0.0994. The van der Waals surface area contributed by atoms with Gasteiger partial charge < -0.3 is 4.90 Å². The number of piperidine rings is 1. The summed E-state index contributed by atoms with van der Waals surface area (Å²) in [4.78, 5) is 24.2. The van der Waals surface area contributed by atoms with Crippen molar-refractivity contribution < 1.29 is 0 Å². The summed E-state index contributed by atoms with van der Waals surface area (Å²) in [7, 11) is 4.31. The van der Waals surface area contributed by atoms with Crippen molar-refractivity contribution in [3.63, 3.8) is 0 Å². The van der Waals surface area contributed by atoms with E-state index >= 15 is 0 Å². The van der Waals surface area contributed by atoms with Gasteiger partial charge in [-0.15, -0.1) is 11.3 Å². The molecule has 1 fully saturated rings. The van der Waals surface area contributed by atoms with Crippen LogP contribution in [0.3, 0.4) is 0 Å². The van der Waals surface area contributed by atoms with Gasteiger partial charge in [0.25, 0.3) is 5.56 Å². The Labute approximate surface area is 183 Å². The smallest absolute Gasteiger partial charge is 0.262 e. The van der Waals surface area contributed by atoms with Crippen LogP contribution >= 0.6 is 11.3 Å². The van der Waals surface area contributed by atoms with Gasteiger partial charge in [0.05, 0.1) is 18.0 Å². The van der Waals surface area contributed by atoms with Crippen LogP contribution in [0.15, 0.2) is 46.6 Å². The maximum atomic E-state index is 13.4. The number of rotatable bonds is 7. The topological polar surface area (TPSA) is 41.4 Å². The minimum absolute atomic E-state index is 0.0837. The van der Waals surface area contributed by atoms with Crippen LogP contribution in [0.5, 0.6) is 0 Å². The number of benzene rings is 1. The van der Waals surface area contributed by atoms with Crippen molar-refractivity contribution in [1.82, 2.24) is 19.4 Å². The normalized spacial score (nSPS) is 18.9. The molecule has 4 rings (SSSR count).